The van der Waals surface area contributed by atoms with E-state index in [1.807, 2.05) is 11.8 Å². The van der Waals surface area contributed by atoms with Gasteiger partial charge in [0.15, 0.2) is 5.82 Å². The Bertz CT molecular complexity index is 459. The van der Waals surface area contributed by atoms with E-state index in [4.69, 9.17) is 9.26 Å². The molecule has 0 radical (unpaired) electrons. The minimum absolute atomic E-state index is 0.0449. The first-order chi connectivity index (χ1) is 10.1. The third-order valence-electron chi connectivity index (χ3n) is 3.63. The number of hydrogen-bond acceptors (Lipinski definition) is 5. The van der Waals surface area contributed by atoms with Crippen LogP contribution in [-0.2, 0) is 16.0 Å². The Balaban J connectivity index is 1.94. The van der Waals surface area contributed by atoms with Crippen molar-refractivity contribution in [2.75, 3.05) is 26.3 Å². The van der Waals surface area contributed by atoms with Crippen molar-refractivity contribution in [1.29, 1.82) is 0 Å². The van der Waals surface area contributed by atoms with E-state index in [-0.39, 0.29) is 18.4 Å². The zero-order chi connectivity index (χ0) is 15.2. The molecule has 1 aromatic heterocycles. The predicted octanol–water partition coefficient (Wildman–Crippen LogP) is 2.01. The molecule has 118 valence electrons. The molecule has 0 bridgehead atoms. The molecule has 1 aromatic rings. The van der Waals surface area contributed by atoms with E-state index in [2.05, 4.69) is 24.0 Å². The summed E-state index contributed by atoms with van der Waals surface area (Å²) >= 11 is 0. The fraction of sp³-hybridized carbons (Fsp3) is 0.800. The average molecular weight is 295 g/mol. The van der Waals surface area contributed by atoms with Crippen LogP contribution in [0.3, 0.4) is 0 Å². The van der Waals surface area contributed by atoms with Crippen LogP contribution in [0.5, 0.6) is 0 Å². The second-order valence-corrected chi connectivity index (χ2v) is 5.96. The number of likely N-dealkylation sites (tertiary alicyclic amines) is 1. The van der Waals surface area contributed by atoms with Gasteiger partial charge in [-0.15, -0.1) is 0 Å². The lowest BCUT2D eigenvalue weighted by Gasteiger charge is -2.30. The van der Waals surface area contributed by atoms with E-state index in [1.54, 1.807) is 0 Å². The first-order valence-corrected chi connectivity index (χ1v) is 7.78. The van der Waals surface area contributed by atoms with Crippen molar-refractivity contribution < 1.29 is 14.1 Å². The van der Waals surface area contributed by atoms with Gasteiger partial charge in [0.25, 0.3) is 0 Å². The Morgan fingerprint density at radius 1 is 1.52 bits per heavy atom. The van der Waals surface area contributed by atoms with Crippen LogP contribution in [0.4, 0.5) is 0 Å². The number of aromatic nitrogens is 2. The molecule has 0 aliphatic carbocycles. The molecule has 1 fully saturated rings. The predicted molar refractivity (Wildman–Crippen MR) is 77.9 cm³/mol. The van der Waals surface area contributed by atoms with Crippen LogP contribution in [-0.4, -0.2) is 47.3 Å². The lowest BCUT2D eigenvalue weighted by atomic mass is 9.98. The van der Waals surface area contributed by atoms with E-state index in [9.17, 15) is 4.79 Å². The monoisotopic (exact) mass is 295 g/mol. The first-order valence-electron chi connectivity index (χ1n) is 7.78. The fourth-order valence-electron chi connectivity index (χ4n) is 2.57. The van der Waals surface area contributed by atoms with Crippen molar-refractivity contribution in [1.82, 2.24) is 15.0 Å². The van der Waals surface area contributed by atoms with Crippen molar-refractivity contribution in [2.24, 2.45) is 5.92 Å². The lowest BCUT2D eigenvalue weighted by Crippen LogP contribution is -2.41. The van der Waals surface area contributed by atoms with Gasteiger partial charge >= 0.3 is 0 Å². The van der Waals surface area contributed by atoms with Gasteiger partial charge in [-0.25, -0.2) is 0 Å². The van der Waals surface area contributed by atoms with Gasteiger partial charge in [0.1, 0.15) is 6.61 Å². The normalized spacial score (nSPS) is 19.2. The molecule has 2 heterocycles. The maximum absolute atomic E-state index is 12.0. The summed E-state index contributed by atoms with van der Waals surface area (Å²) in [5, 5.41) is 4.04. The van der Waals surface area contributed by atoms with Gasteiger partial charge in [0, 0.05) is 26.1 Å². The Morgan fingerprint density at radius 3 is 3.05 bits per heavy atom. The number of ether oxygens (including phenoxy) is 1. The Hall–Kier alpha value is -1.43. The van der Waals surface area contributed by atoms with Crippen LogP contribution in [0, 0.1) is 5.92 Å². The zero-order valence-corrected chi connectivity index (χ0v) is 13.2. The van der Waals surface area contributed by atoms with Gasteiger partial charge < -0.3 is 14.2 Å². The summed E-state index contributed by atoms with van der Waals surface area (Å²) in [5.74, 6) is 2.13. The number of carbonyl (C=O) groups excluding carboxylic acids is 1. The van der Waals surface area contributed by atoms with E-state index in [0.29, 0.717) is 25.0 Å². The SMILES string of the molecule is CCOCC(=O)N1CCCC(c2nc(CC(C)C)no2)C1. The molecule has 0 aromatic carbocycles. The number of hydrogen-bond donors (Lipinski definition) is 0. The Labute approximate surface area is 125 Å². The summed E-state index contributed by atoms with van der Waals surface area (Å²) in [5.41, 5.74) is 0. The van der Waals surface area contributed by atoms with E-state index >= 15 is 0 Å². The summed E-state index contributed by atoms with van der Waals surface area (Å²) in [7, 11) is 0. The minimum Gasteiger partial charge on any atom is -0.372 e. The highest BCUT2D eigenvalue weighted by atomic mass is 16.5. The quantitative estimate of drug-likeness (QED) is 0.803. The molecule has 1 unspecified atom stereocenters. The molecule has 6 nitrogen and oxygen atoms in total. The van der Waals surface area contributed by atoms with Gasteiger partial charge in [-0.2, -0.15) is 4.98 Å². The summed E-state index contributed by atoms with van der Waals surface area (Å²) in [4.78, 5) is 18.3. The van der Waals surface area contributed by atoms with E-state index in [1.165, 1.54) is 0 Å². The topological polar surface area (TPSA) is 68.5 Å². The molecule has 1 atom stereocenters. The molecule has 0 spiro atoms. The van der Waals surface area contributed by atoms with Crippen molar-refractivity contribution in [3.8, 4) is 0 Å². The second kappa shape index (κ2) is 7.54. The average Bonchev–Trinajstić information content (AvgIpc) is 2.92. The molecule has 21 heavy (non-hydrogen) atoms. The van der Waals surface area contributed by atoms with Crippen LogP contribution >= 0.6 is 0 Å². The summed E-state index contributed by atoms with van der Waals surface area (Å²) in [6.45, 7) is 8.30. The highest BCUT2D eigenvalue weighted by Crippen LogP contribution is 2.26. The first kappa shape index (κ1) is 15.9. The van der Waals surface area contributed by atoms with Crippen LogP contribution in [0.25, 0.3) is 0 Å². The molecule has 1 amide bonds. The van der Waals surface area contributed by atoms with Crippen molar-refractivity contribution in [2.45, 2.75) is 46.0 Å². The molecule has 6 heteroatoms. The largest absolute Gasteiger partial charge is 0.372 e. The van der Waals surface area contributed by atoms with Gasteiger partial charge in [0.05, 0.1) is 5.92 Å². The molecule has 0 N–H and O–H groups in total. The van der Waals surface area contributed by atoms with Crippen molar-refractivity contribution in [3.63, 3.8) is 0 Å². The standard InChI is InChI=1S/C15H25N3O3/c1-4-20-10-14(19)18-7-5-6-12(9-18)15-16-13(17-21-15)8-11(2)3/h11-12H,4-10H2,1-3H3. The molecular weight excluding hydrogens is 270 g/mol. The van der Waals surface area contributed by atoms with Crippen LogP contribution in [0.2, 0.25) is 0 Å². The molecule has 0 saturated carbocycles. The maximum atomic E-state index is 12.0. The number of rotatable bonds is 6. The second-order valence-electron chi connectivity index (χ2n) is 5.96. The van der Waals surface area contributed by atoms with Crippen molar-refractivity contribution >= 4 is 5.91 Å². The number of piperidine rings is 1. The summed E-state index contributed by atoms with van der Waals surface area (Å²) in [6, 6.07) is 0. The van der Waals surface area contributed by atoms with Crippen molar-refractivity contribution in [3.05, 3.63) is 11.7 Å². The number of amides is 1. The zero-order valence-electron chi connectivity index (χ0n) is 13.2. The van der Waals surface area contributed by atoms with Gasteiger partial charge in [-0.3, -0.25) is 4.79 Å². The van der Waals surface area contributed by atoms with Gasteiger partial charge in [-0.05, 0) is 25.7 Å². The summed E-state index contributed by atoms with van der Waals surface area (Å²) in [6.07, 6.45) is 2.77. The Kier molecular flexibility index (Phi) is 5.73. The molecule has 1 saturated heterocycles. The third-order valence-corrected chi connectivity index (χ3v) is 3.63. The van der Waals surface area contributed by atoms with E-state index in [0.717, 1.165) is 31.6 Å². The smallest absolute Gasteiger partial charge is 0.248 e. The van der Waals surface area contributed by atoms with Crippen LogP contribution in [0.1, 0.15) is 51.2 Å². The highest BCUT2D eigenvalue weighted by Gasteiger charge is 2.28. The van der Waals surface area contributed by atoms with Crippen LogP contribution < -0.4 is 0 Å². The lowest BCUT2D eigenvalue weighted by molar-refractivity contribution is -0.137. The van der Waals surface area contributed by atoms with E-state index < -0.39 is 0 Å². The number of nitrogens with zero attached hydrogens (tertiary/aromatic N) is 3. The fourth-order valence-corrected chi connectivity index (χ4v) is 2.57. The molecular formula is C15H25N3O3. The number of carbonyl (C=O) groups is 1. The molecule has 1 aliphatic heterocycles. The van der Waals surface area contributed by atoms with Gasteiger partial charge in [-0.1, -0.05) is 19.0 Å². The van der Waals surface area contributed by atoms with Crippen LogP contribution in [0.15, 0.2) is 4.52 Å². The van der Waals surface area contributed by atoms with Gasteiger partial charge in [0.2, 0.25) is 11.8 Å². The Morgan fingerprint density at radius 2 is 2.33 bits per heavy atom. The molecule has 2 rings (SSSR count). The highest BCUT2D eigenvalue weighted by molar-refractivity contribution is 5.77. The summed E-state index contributed by atoms with van der Waals surface area (Å²) < 4.78 is 10.6. The minimum atomic E-state index is 0.0449. The maximum Gasteiger partial charge on any atom is 0.248 e. The molecule has 1 aliphatic rings. The third kappa shape index (κ3) is 4.52.